The summed E-state index contributed by atoms with van der Waals surface area (Å²) in [5.41, 5.74) is 1.87. The number of benzene rings is 1. The van der Waals surface area contributed by atoms with Gasteiger partial charge in [0.2, 0.25) is 0 Å². The van der Waals surface area contributed by atoms with Crippen molar-refractivity contribution in [2.75, 3.05) is 4.90 Å². The van der Waals surface area contributed by atoms with Gasteiger partial charge in [0.05, 0.1) is 29.7 Å². The number of fused-ring (bicyclic) bond motifs is 1. The summed E-state index contributed by atoms with van der Waals surface area (Å²) in [5, 5.41) is 0.635. The minimum atomic E-state index is -0.489. The van der Waals surface area contributed by atoms with E-state index in [0.717, 1.165) is 24.1 Å². The van der Waals surface area contributed by atoms with Crippen molar-refractivity contribution < 1.29 is 9.53 Å². The summed E-state index contributed by atoms with van der Waals surface area (Å²) >= 11 is 6.12. The number of halogens is 1. The van der Waals surface area contributed by atoms with E-state index in [1.807, 2.05) is 26.0 Å². The van der Waals surface area contributed by atoms with Crippen LogP contribution < -0.4 is 9.64 Å². The number of rotatable bonds is 3. The zero-order valence-electron chi connectivity index (χ0n) is 13.0. The van der Waals surface area contributed by atoms with Crippen molar-refractivity contribution >= 4 is 23.2 Å². The molecule has 1 fully saturated rings. The van der Waals surface area contributed by atoms with Crippen LogP contribution in [0.5, 0.6) is 5.75 Å². The normalized spacial score (nSPS) is 18.9. The highest BCUT2D eigenvalue weighted by Crippen LogP contribution is 2.43. The number of aromatic nitrogens is 1. The highest BCUT2D eigenvalue weighted by Gasteiger charge is 2.44. The first-order chi connectivity index (χ1) is 11.0. The molecule has 0 spiro atoms. The van der Waals surface area contributed by atoms with Gasteiger partial charge in [-0.3, -0.25) is 14.7 Å². The standard InChI is InChI=1S/C18H17ClN2O2/c1-18(2)16-7-11(19)3-6-15(16)17(22)21(18)12-8-14(10-20-9-12)23-13-4-5-13/h3,6-10,13H,4-5H2,1-2H3. The minimum Gasteiger partial charge on any atom is -0.489 e. The van der Waals surface area contributed by atoms with Crippen LogP contribution in [0.2, 0.25) is 5.02 Å². The molecule has 23 heavy (non-hydrogen) atoms. The summed E-state index contributed by atoms with van der Waals surface area (Å²) in [6, 6.07) is 7.30. The first-order valence-electron chi connectivity index (χ1n) is 7.73. The third-order valence-electron chi connectivity index (χ3n) is 4.42. The lowest BCUT2D eigenvalue weighted by molar-refractivity contribution is 0.0982. The fourth-order valence-electron chi connectivity index (χ4n) is 3.12. The molecule has 0 bridgehead atoms. The van der Waals surface area contributed by atoms with Crippen LogP contribution in [-0.2, 0) is 5.54 Å². The van der Waals surface area contributed by atoms with E-state index < -0.39 is 5.54 Å². The Labute approximate surface area is 140 Å². The molecule has 0 N–H and O–H groups in total. The van der Waals surface area contributed by atoms with Crippen LogP contribution in [0, 0.1) is 0 Å². The second-order valence-electron chi connectivity index (χ2n) is 6.59. The van der Waals surface area contributed by atoms with E-state index in [2.05, 4.69) is 4.98 Å². The molecule has 2 heterocycles. The Hall–Kier alpha value is -2.07. The molecular weight excluding hydrogens is 312 g/mol. The van der Waals surface area contributed by atoms with Gasteiger partial charge in [-0.1, -0.05) is 11.6 Å². The maximum absolute atomic E-state index is 12.9. The number of amides is 1. The lowest BCUT2D eigenvalue weighted by Gasteiger charge is -2.32. The predicted octanol–water partition coefficient (Wildman–Crippen LogP) is 4.17. The van der Waals surface area contributed by atoms with Crippen LogP contribution in [0.4, 0.5) is 5.69 Å². The lowest BCUT2D eigenvalue weighted by atomic mass is 9.93. The molecule has 0 atom stereocenters. The Morgan fingerprint density at radius 3 is 2.78 bits per heavy atom. The molecule has 1 saturated carbocycles. The molecule has 5 heteroatoms. The summed E-state index contributed by atoms with van der Waals surface area (Å²) in [7, 11) is 0. The molecule has 4 nitrogen and oxygen atoms in total. The number of carbonyl (C=O) groups is 1. The molecule has 0 saturated heterocycles. The Bertz CT molecular complexity index is 799. The van der Waals surface area contributed by atoms with Crippen LogP contribution in [0.15, 0.2) is 36.7 Å². The monoisotopic (exact) mass is 328 g/mol. The molecule has 1 aliphatic heterocycles. The summed E-state index contributed by atoms with van der Waals surface area (Å²) in [4.78, 5) is 18.9. The number of nitrogens with zero attached hydrogens (tertiary/aromatic N) is 2. The zero-order valence-corrected chi connectivity index (χ0v) is 13.8. The maximum atomic E-state index is 12.9. The van der Waals surface area contributed by atoms with Crippen LogP contribution in [0.3, 0.4) is 0 Å². The van der Waals surface area contributed by atoms with Gasteiger partial charge in [-0.05, 0) is 50.5 Å². The topological polar surface area (TPSA) is 42.4 Å². The molecule has 2 aliphatic rings. The first-order valence-corrected chi connectivity index (χ1v) is 8.11. The first kappa shape index (κ1) is 14.5. The van der Waals surface area contributed by atoms with Gasteiger partial charge in [-0.2, -0.15) is 0 Å². The third kappa shape index (κ3) is 2.38. The lowest BCUT2D eigenvalue weighted by Crippen LogP contribution is -2.39. The molecular formula is C18H17ClN2O2. The number of ether oxygens (including phenoxy) is 1. The molecule has 0 unspecified atom stereocenters. The SMILES string of the molecule is CC1(C)c2cc(Cl)ccc2C(=O)N1c1cncc(OC2CC2)c1. The van der Waals surface area contributed by atoms with E-state index in [1.54, 1.807) is 29.4 Å². The average Bonchev–Trinajstić information content (AvgIpc) is 3.28. The molecule has 118 valence electrons. The van der Waals surface area contributed by atoms with E-state index in [9.17, 15) is 4.79 Å². The molecule has 1 aromatic heterocycles. The number of pyridine rings is 1. The van der Waals surface area contributed by atoms with Crippen LogP contribution in [0.25, 0.3) is 0 Å². The van der Waals surface area contributed by atoms with E-state index >= 15 is 0 Å². The van der Waals surface area contributed by atoms with Crippen molar-refractivity contribution in [3.63, 3.8) is 0 Å². The molecule has 0 radical (unpaired) electrons. The minimum absolute atomic E-state index is 0.0351. The Morgan fingerprint density at radius 2 is 2.04 bits per heavy atom. The number of hydrogen-bond acceptors (Lipinski definition) is 3. The average molecular weight is 329 g/mol. The van der Waals surface area contributed by atoms with Crippen molar-refractivity contribution in [3.8, 4) is 5.75 Å². The Morgan fingerprint density at radius 1 is 1.26 bits per heavy atom. The van der Waals surface area contributed by atoms with Gasteiger partial charge in [0.15, 0.2) is 0 Å². The fourth-order valence-corrected chi connectivity index (χ4v) is 3.29. The maximum Gasteiger partial charge on any atom is 0.259 e. The number of anilines is 1. The summed E-state index contributed by atoms with van der Waals surface area (Å²) in [6.45, 7) is 4.03. The van der Waals surface area contributed by atoms with Crippen LogP contribution in [-0.4, -0.2) is 17.0 Å². The number of carbonyl (C=O) groups excluding carboxylic acids is 1. The molecule has 4 rings (SSSR count). The van der Waals surface area contributed by atoms with Gasteiger partial charge in [-0.15, -0.1) is 0 Å². The summed E-state index contributed by atoms with van der Waals surface area (Å²) in [6.07, 6.45) is 5.86. The Kier molecular flexibility index (Phi) is 3.13. The molecule has 1 aromatic carbocycles. The van der Waals surface area contributed by atoms with Crippen molar-refractivity contribution in [1.82, 2.24) is 4.98 Å². The number of hydrogen-bond donors (Lipinski definition) is 0. The van der Waals surface area contributed by atoms with E-state index in [1.165, 1.54) is 0 Å². The second-order valence-corrected chi connectivity index (χ2v) is 7.02. The van der Waals surface area contributed by atoms with E-state index in [0.29, 0.717) is 22.4 Å². The zero-order chi connectivity index (χ0) is 16.2. The van der Waals surface area contributed by atoms with Gasteiger partial charge in [-0.25, -0.2) is 0 Å². The Balaban J connectivity index is 1.76. The van der Waals surface area contributed by atoms with Crippen molar-refractivity contribution in [2.45, 2.75) is 38.3 Å². The van der Waals surface area contributed by atoms with Gasteiger partial charge in [0, 0.05) is 16.7 Å². The molecule has 2 aromatic rings. The highest BCUT2D eigenvalue weighted by molar-refractivity contribution is 6.31. The summed E-state index contributed by atoms with van der Waals surface area (Å²) in [5.74, 6) is 0.676. The second kappa shape index (κ2) is 4.96. The predicted molar refractivity (Wildman–Crippen MR) is 89.2 cm³/mol. The van der Waals surface area contributed by atoms with Crippen molar-refractivity contribution in [2.24, 2.45) is 0 Å². The van der Waals surface area contributed by atoms with E-state index in [-0.39, 0.29) is 5.91 Å². The molecule has 1 amide bonds. The van der Waals surface area contributed by atoms with Gasteiger partial charge >= 0.3 is 0 Å². The van der Waals surface area contributed by atoms with Crippen molar-refractivity contribution in [3.05, 3.63) is 52.8 Å². The largest absolute Gasteiger partial charge is 0.489 e. The quantitative estimate of drug-likeness (QED) is 0.849. The van der Waals surface area contributed by atoms with Gasteiger partial charge in [0.25, 0.3) is 5.91 Å². The fraction of sp³-hybridized carbons (Fsp3) is 0.333. The summed E-state index contributed by atoms with van der Waals surface area (Å²) < 4.78 is 5.80. The van der Waals surface area contributed by atoms with E-state index in [4.69, 9.17) is 16.3 Å². The van der Waals surface area contributed by atoms with Crippen LogP contribution in [0.1, 0.15) is 42.6 Å². The van der Waals surface area contributed by atoms with Gasteiger partial charge in [0.1, 0.15) is 5.75 Å². The van der Waals surface area contributed by atoms with Gasteiger partial charge < -0.3 is 4.74 Å². The van der Waals surface area contributed by atoms with Crippen molar-refractivity contribution in [1.29, 1.82) is 0 Å². The highest BCUT2D eigenvalue weighted by atomic mass is 35.5. The van der Waals surface area contributed by atoms with Crippen LogP contribution >= 0.6 is 11.6 Å². The third-order valence-corrected chi connectivity index (χ3v) is 4.65. The smallest absolute Gasteiger partial charge is 0.259 e. The molecule has 1 aliphatic carbocycles.